The number of ether oxygens (including phenoxy) is 1. The van der Waals surface area contributed by atoms with Gasteiger partial charge < -0.3 is 9.84 Å². The fourth-order valence-corrected chi connectivity index (χ4v) is 1.30. The molecular weight excluding hydrogens is 156 g/mol. The van der Waals surface area contributed by atoms with Gasteiger partial charge in [-0.25, -0.2) is 4.79 Å². The summed E-state index contributed by atoms with van der Waals surface area (Å²) in [6, 6.07) is 5.24. The molecule has 0 amide bonds. The van der Waals surface area contributed by atoms with Gasteiger partial charge in [-0.3, -0.25) is 0 Å². The Kier molecular flexibility index (Phi) is 1.41. The van der Waals surface area contributed by atoms with Crippen molar-refractivity contribution in [2.45, 2.75) is 13.2 Å². The predicted octanol–water partition coefficient (Wildman–Crippen LogP) is 1.16. The fraction of sp³-hybridized carbons (Fsp3) is 0.222. The number of aryl methyl sites for hydroxylation is 1. The minimum atomic E-state index is -1.08. The van der Waals surface area contributed by atoms with Crippen molar-refractivity contribution in [1.82, 2.24) is 0 Å². The van der Waals surface area contributed by atoms with Crippen LogP contribution in [0.25, 0.3) is 0 Å². The van der Waals surface area contributed by atoms with Gasteiger partial charge in [0.05, 0.1) is 5.56 Å². The molecule has 0 radical (unpaired) electrons. The molecule has 0 aliphatic carbocycles. The van der Waals surface area contributed by atoms with Gasteiger partial charge in [0, 0.05) is 5.56 Å². The molecular formula is C9H8O3. The van der Waals surface area contributed by atoms with Gasteiger partial charge in [0.1, 0.15) is 0 Å². The number of hydrogen-bond donors (Lipinski definition) is 1. The van der Waals surface area contributed by atoms with Crippen molar-refractivity contribution >= 4 is 5.97 Å². The molecule has 1 N–H and O–H groups in total. The lowest BCUT2D eigenvalue weighted by atomic mass is 10.1. The number of benzene rings is 1. The van der Waals surface area contributed by atoms with Crippen LogP contribution in [0.4, 0.5) is 0 Å². The van der Waals surface area contributed by atoms with Crippen molar-refractivity contribution in [3.63, 3.8) is 0 Å². The van der Waals surface area contributed by atoms with Gasteiger partial charge in [-0.05, 0) is 19.1 Å². The lowest BCUT2D eigenvalue weighted by Crippen LogP contribution is -1.95. The van der Waals surface area contributed by atoms with Crippen LogP contribution in [0.15, 0.2) is 18.2 Å². The van der Waals surface area contributed by atoms with Crippen LogP contribution in [0.1, 0.15) is 27.8 Å². The summed E-state index contributed by atoms with van der Waals surface area (Å²) in [6.07, 6.45) is -1.08. The number of hydrogen-bond acceptors (Lipinski definition) is 3. The first kappa shape index (κ1) is 7.31. The van der Waals surface area contributed by atoms with Crippen molar-refractivity contribution in [3.8, 4) is 0 Å². The Hall–Kier alpha value is -1.35. The van der Waals surface area contributed by atoms with Crippen molar-refractivity contribution in [2.75, 3.05) is 0 Å². The Morgan fingerprint density at radius 1 is 1.50 bits per heavy atom. The zero-order valence-electron chi connectivity index (χ0n) is 6.57. The minimum absolute atomic E-state index is 0.447. The lowest BCUT2D eigenvalue weighted by Gasteiger charge is -2.00. The quantitative estimate of drug-likeness (QED) is 0.585. The molecule has 1 unspecified atom stereocenters. The molecule has 1 heterocycles. The largest absolute Gasteiger partial charge is 0.428 e. The predicted molar refractivity (Wildman–Crippen MR) is 41.6 cm³/mol. The standard InChI is InChI=1S/C9H8O3/c1-5-2-3-6-7(4-5)9(11)12-8(6)10/h2-4,9,11H,1H3. The third kappa shape index (κ3) is 0.905. The number of carbonyl (C=O) groups is 1. The Morgan fingerprint density at radius 3 is 3.00 bits per heavy atom. The molecule has 1 aliphatic rings. The van der Waals surface area contributed by atoms with Crippen molar-refractivity contribution in [2.24, 2.45) is 0 Å². The molecule has 0 fully saturated rings. The summed E-state index contributed by atoms with van der Waals surface area (Å²) in [4.78, 5) is 11.0. The van der Waals surface area contributed by atoms with Crippen LogP contribution in [0, 0.1) is 6.92 Å². The van der Waals surface area contributed by atoms with Crippen LogP contribution < -0.4 is 0 Å². The minimum Gasteiger partial charge on any atom is -0.428 e. The van der Waals surface area contributed by atoms with Crippen molar-refractivity contribution < 1.29 is 14.6 Å². The van der Waals surface area contributed by atoms with E-state index in [0.717, 1.165) is 5.56 Å². The molecule has 3 nitrogen and oxygen atoms in total. The van der Waals surface area contributed by atoms with E-state index in [0.29, 0.717) is 11.1 Å². The molecule has 12 heavy (non-hydrogen) atoms. The SMILES string of the molecule is Cc1ccc2c(c1)C(O)OC2=O. The van der Waals surface area contributed by atoms with Gasteiger partial charge in [0.25, 0.3) is 0 Å². The smallest absolute Gasteiger partial charge is 0.341 e. The van der Waals surface area contributed by atoms with E-state index in [2.05, 4.69) is 4.74 Å². The topological polar surface area (TPSA) is 46.5 Å². The number of fused-ring (bicyclic) bond motifs is 1. The number of aliphatic hydroxyl groups excluding tert-OH is 1. The second-order valence-corrected chi connectivity index (χ2v) is 2.85. The lowest BCUT2D eigenvalue weighted by molar-refractivity contribution is -0.0548. The highest BCUT2D eigenvalue weighted by Crippen LogP contribution is 2.28. The van der Waals surface area contributed by atoms with Gasteiger partial charge in [-0.1, -0.05) is 11.6 Å². The normalized spacial score (nSPS) is 20.5. The molecule has 1 atom stereocenters. The van der Waals surface area contributed by atoms with Gasteiger partial charge in [-0.2, -0.15) is 0 Å². The number of aliphatic hydroxyl groups is 1. The van der Waals surface area contributed by atoms with Crippen LogP contribution in [0.5, 0.6) is 0 Å². The zero-order valence-corrected chi connectivity index (χ0v) is 6.57. The molecule has 0 saturated heterocycles. The molecule has 1 aromatic rings. The van der Waals surface area contributed by atoms with Crippen LogP contribution in [0.3, 0.4) is 0 Å². The fourth-order valence-electron chi connectivity index (χ4n) is 1.30. The molecule has 0 bridgehead atoms. The first-order chi connectivity index (χ1) is 5.68. The number of cyclic esters (lactones) is 1. The van der Waals surface area contributed by atoms with Crippen LogP contribution >= 0.6 is 0 Å². The summed E-state index contributed by atoms with van der Waals surface area (Å²) in [6.45, 7) is 1.90. The monoisotopic (exact) mass is 164 g/mol. The highest BCUT2D eigenvalue weighted by atomic mass is 16.6. The second kappa shape index (κ2) is 2.32. The molecule has 1 aliphatic heterocycles. The van der Waals surface area contributed by atoms with E-state index in [4.69, 9.17) is 0 Å². The number of rotatable bonds is 0. The molecule has 0 spiro atoms. The molecule has 3 heteroatoms. The summed E-state index contributed by atoms with van der Waals surface area (Å²) >= 11 is 0. The van der Waals surface area contributed by atoms with E-state index < -0.39 is 12.3 Å². The molecule has 62 valence electrons. The first-order valence-corrected chi connectivity index (χ1v) is 3.68. The van der Waals surface area contributed by atoms with E-state index in [1.54, 1.807) is 12.1 Å². The summed E-state index contributed by atoms with van der Waals surface area (Å²) in [7, 11) is 0. The third-order valence-electron chi connectivity index (χ3n) is 1.91. The van der Waals surface area contributed by atoms with Crippen molar-refractivity contribution in [1.29, 1.82) is 0 Å². The number of carbonyl (C=O) groups excluding carboxylic acids is 1. The van der Waals surface area contributed by atoms with Crippen molar-refractivity contribution in [3.05, 3.63) is 34.9 Å². The van der Waals surface area contributed by atoms with Gasteiger partial charge in [-0.15, -0.1) is 0 Å². The van der Waals surface area contributed by atoms with E-state index in [1.165, 1.54) is 0 Å². The maximum Gasteiger partial charge on any atom is 0.341 e. The highest BCUT2D eigenvalue weighted by Gasteiger charge is 2.28. The van der Waals surface area contributed by atoms with Crippen LogP contribution in [-0.2, 0) is 4.74 Å². The van der Waals surface area contributed by atoms with Crippen LogP contribution in [0.2, 0.25) is 0 Å². The average Bonchev–Trinajstić information content (AvgIpc) is 2.28. The Morgan fingerprint density at radius 2 is 2.25 bits per heavy atom. The summed E-state index contributed by atoms with van der Waals surface area (Å²) in [5.74, 6) is -0.447. The highest BCUT2D eigenvalue weighted by molar-refractivity contribution is 5.93. The average molecular weight is 164 g/mol. The number of esters is 1. The summed E-state index contributed by atoms with van der Waals surface area (Å²) < 4.78 is 4.60. The first-order valence-electron chi connectivity index (χ1n) is 3.68. The third-order valence-corrected chi connectivity index (χ3v) is 1.91. The van der Waals surface area contributed by atoms with E-state index in [1.807, 2.05) is 13.0 Å². The second-order valence-electron chi connectivity index (χ2n) is 2.85. The van der Waals surface area contributed by atoms with E-state index in [9.17, 15) is 9.90 Å². The Balaban J connectivity index is 2.60. The Labute approximate surface area is 69.6 Å². The van der Waals surface area contributed by atoms with E-state index >= 15 is 0 Å². The molecule has 2 rings (SSSR count). The maximum atomic E-state index is 11.0. The molecule has 1 aromatic carbocycles. The van der Waals surface area contributed by atoms with Crippen LogP contribution in [-0.4, -0.2) is 11.1 Å². The van der Waals surface area contributed by atoms with E-state index in [-0.39, 0.29) is 0 Å². The van der Waals surface area contributed by atoms with Gasteiger partial charge in [0.2, 0.25) is 6.29 Å². The Bertz CT molecular complexity index is 344. The summed E-state index contributed by atoms with van der Waals surface area (Å²) in [5.41, 5.74) is 2.04. The maximum absolute atomic E-state index is 11.0. The molecule has 0 aromatic heterocycles. The zero-order chi connectivity index (χ0) is 8.72. The molecule has 0 saturated carbocycles. The van der Waals surface area contributed by atoms with Gasteiger partial charge in [0.15, 0.2) is 0 Å². The summed E-state index contributed by atoms with van der Waals surface area (Å²) in [5, 5.41) is 9.23. The van der Waals surface area contributed by atoms with Gasteiger partial charge >= 0.3 is 5.97 Å².